The molecule has 2 fully saturated rings. The second-order valence-electron chi connectivity index (χ2n) is 7.43. The molecule has 0 bridgehead atoms. The lowest BCUT2D eigenvalue weighted by Crippen LogP contribution is -2.56. The fourth-order valence-corrected chi connectivity index (χ4v) is 4.01. The van der Waals surface area contributed by atoms with Gasteiger partial charge in [-0.05, 0) is 12.8 Å². The Labute approximate surface area is 152 Å². The van der Waals surface area contributed by atoms with Gasteiger partial charge in [-0.1, -0.05) is 13.8 Å². The van der Waals surface area contributed by atoms with Crippen LogP contribution in [0.1, 0.15) is 55.2 Å². The second kappa shape index (κ2) is 6.66. The van der Waals surface area contributed by atoms with Crippen molar-refractivity contribution in [3.63, 3.8) is 0 Å². The van der Waals surface area contributed by atoms with E-state index in [2.05, 4.69) is 9.97 Å². The van der Waals surface area contributed by atoms with Gasteiger partial charge >= 0.3 is 5.97 Å². The lowest BCUT2D eigenvalue weighted by Gasteiger charge is -2.45. The van der Waals surface area contributed by atoms with Gasteiger partial charge < -0.3 is 14.9 Å². The number of amides is 2. The van der Waals surface area contributed by atoms with E-state index in [-0.39, 0.29) is 24.2 Å². The smallest absolute Gasteiger partial charge is 0.309 e. The summed E-state index contributed by atoms with van der Waals surface area (Å²) in [6, 6.07) is 0. The first-order valence-electron chi connectivity index (χ1n) is 8.87. The first-order valence-corrected chi connectivity index (χ1v) is 8.87. The third kappa shape index (κ3) is 2.93. The molecule has 0 aliphatic carbocycles. The minimum absolute atomic E-state index is 0.0320. The van der Waals surface area contributed by atoms with Crippen molar-refractivity contribution in [2.24, 2.45) is 5.92 Å². The lowest BCUT2D eigenvalue weighted by atomic mass is 9.77. The molecule has 8 heteroatoms. The molecule has 2 aliphatic heterocycles. The fourth-order valence-electron chi connectivity index (χ4n) is 4.01. The predicted octanol–water partition coefficient (Wildman–Crippen LogP) is 1.14. The summed E-state index contributed by atoms with van der Waals surface area (Å²) in [6.07, 6.45) is 4.04. The van der Waals surface area contributed by atoms with E-state index in [4.69, 9.17) is 0 Å². The van der Waals surface area contributed by atoms with Crippen molar-refractivity contribution in [2.45, 2.75) is 44.6 Å². The molecule has 0 radical (unpaired) electrons. The molecule has 2 saturated heterocycles. The summed E-state index contributed by atoms with van der Waals surface area (Å²) in [6.45, 7) is 4.79. The van der Waals surface area contributed by atoms with Gasteiger partial charge in [0.05, 0.1) is 17.0 Å². The first kappa shape index (κ1) is 18.3. The largest absolute Gasteiger partial charge is 0.481 e. The quantitative estimate of drug-likeness (QED) is 0.867. The summed E-state index contributed by atoms with van der Waals surface area (Å²) < 4.78 is 0. The molecule has 3 heterocycles. The normalized spacial score (nSPS) is 22.3. The number of likely N-dealkylation sites (tertiary alicyclic amines) is 2. The Hall–Kier alpha value is -2.51. The number of piperidine rings is 1. The SMILES string of the molecule is CC(C)c1ncc(C(=O)N2CCC3(CC2)[C@@H](C(=O)O)CC(=O)N3C)cn1. The van der Waals surface area contributed by atoms with Crippen LogP contribution in [0.3, 0.4) is 0 Å². The van der Waals surface area contributed by atoms with E-state index in [0.717, 1.165) is 0 Å². The third-order valence-electron chi connectivity index (χ3n) is 5.72. The van der Waals surface area contributed by atoms with Crippen LogP contribution in [0.5, 0.6) is 0 Å². The van der Waals surface area contributed by atoms with Gasteiger partial charge in [-0.15, -0.1) is 0 Å². The molecule has 1 aromatic heterocycles. The van der Waals surface area contributed by atoms with Crippen LogP contribution < -0.4 is 0 Å². The van der Waals surface area contributed by atoms with E-state index in [1.54, 1.807) is 29.2 Å². The Balaban J connectivity index is 1.72. The maximum Gasteiger partial charge on any atom is 0.309 e. The zero-order chi connectivity index (χ0) is 19.1. The number of hydrogen-bond acceptors (Lipinski definition) is 5. The van der Waals surface area contributed by atoms with Crippen LogP contribution in [0.15, 0.2) is 12.4 Å². The molecule has 3 rings (SSSR count). The number of carbonyl (C=O) groups is 3. The number of carboxylic acids is 1. The van der Waals surface area contributed by atoms with Crippen molar-refractivity contribution in [2.75, 3.05) is 20.1 Å². The van der Waals surface area contributed by atoms with Gasteiger partial charge in [-0.25, -0.2) is 9.97 Å². The van der Waals surface area contributed by atoms with E-state index in [9.17, 15) is 19.5 Å². The minimum atomic E-state index is -0.944. The molecule has 2 amide bonds. The first-order chi connectivity index (χ1) is 12.3. The zero-order valence-corrected chi connectivity index (χ0v) is 15.3. The van der Waals surface area contributed by atoms with Crippen molar-refractivity contribution in [3.05, 3.63) is 23.8 Å². The highest BCUT2D eigenvalue weighted by molar-refractivity contribution is 5.94. The number of carbonyl (C=O) groups excluding carboxylic acids is 2. The molecule has 26 heavy (non-hydrogen) atoms. The van der Waals surface area contributed by atoms with E-state index >= 15 is 0 Å². The molecular weight excluding hydrogens is 336 g/mol. The van der Waals surface area contributed by atoms with Crippen LogP contribution in [0, 0.1) is 5.92 Å². The molecule has 2 aliphatic rings. The maximum atomic E-state index is 12.7. The molecule has 1 N–H and O–H groups in total. The Morgan fingerprint density at radius 2 is 1.81 bits per heavy atom. The Morgan fingerprint density at radius 1 is 1.23 bits per heavy atom. The van der Waals surface area contributed by atoms with Gasteiger partial charge in [0.25, 0.3) is 5.91 Å². The van der Waals surface area contributed by atoms with E-state index in [1.807, 2.05) is 13.8 Å². The second-order valence-corrected chi connectivity index (χ2v) is 7.43. The van der Waals surface area contributed by atoms with Crippen molar-refractivity contribution in [1.29, 1.82) is 0 Å². The van der Waals surface area contributed by atoms with Crippen LogP contribution >= 0.6 is 0 Å². The van der Waals surface area contributed by atoms with Gasteiger partial charge in [0.2, 0.25) is 5.91 Å². The number of aliphatic carboxylic acids is 1. The van der Waals surface area contributed by atoms with Gasteiger partial charge in [-0.3, -0.25) is 14.4 Å². The number of rotatable bonds is 3. The maximum absolute atomic E-state index is 12.7. The summed E-state index contributed by atoms with van der Waals surface area (Å²) in [5, 5.41) is 9.51. The molecular formula is C18H24N4O4. The molecule has 1 spiro atoms. The Morgan fingerprint density at radius 3 is 2.31 bits per heavy atom. The molecule has 0 saturated carbocycles. The molecule has 140 valence electrons. The van der Waals surface area contributed by atoms with Gasteiger partial charge in [0.15, 0.2) is 0 Å². The number of hydrogen-bond donors (Lipinski definition) is 1. The van der Waals surface area contributed by atoms with Crippen LogP contribution in [0.4, 0.5) is 0 Å². The number of aromatic nitrogens is 2. The highest BCUT2D eigenvalue weighted by atomic mass is 16.4. The van der Waals surface area contributed by atoms with E-state index in [0.29, 0.717) is 37.3 Å². The van der Waals surface area contributed by atoms with Crippen molar-refractivity contribution in [1.82, 2.24) is 19.8 Å². The van der Waals surface area contributed by atoms with Crippen LogP contribution in [0.2, 0.25) is 0 Å². The third-order valence-corrected chi connectivity index (χ3v) is 5.72. The average molecular weight is 360 g/mol. The van der Waals surface area contributed by atoms with Crippen LogP contribution in [-0.2, 0) is 9.59 Å². The Kier molecular flexibility index (Phi) is 4.68. The summed E-state index contributed by atoms with van der Waals surface area (Å²) in [5.41, 5.74) is -0.270. The molecule has 0 aromatic carbocycles. The minimum Gasteiger partial charge on any atom is -0.481 e. The lowest BCUT2D eigenvalue weighted by molar-refractivity contribution is -0.145. The topological polar surface area (TPSA) is 104 Å². The van der Waals surface area contributed by atoms with Gasteiger partial charge in [-0.2, -0.15) is 0 Å². The predicted molar refractivity (Wildman–Crippen MR) is 92.5 cm³/mol. The van der Waals surface area contributed by atoms with Crippen molar-refractivity contribution < 1.29 is 19.5 Å². The average Bonchev–Trinajstić information content (AvgIpc) is 2.87. The van der Waals surface area contributed by atoms with E-state index in [1.165, 1.54) is 0 Å². The summed E-state index contributed by atoms with van der Waals surface area (Å²) >= 11 is 0. The van der Waals surface area contributed by atoms with Crippen molar-refractivity contribution in [3.8, 4) is 0 Å². The molecule has 8 nitrogen and oxygen atoms in total. The molecule has 0 unspecified atom stereocenters. The van der Waals surface area contributed by atoms with Gasteiger partial charge in [0.1, 0.15) is 5.82 Å². The summed E-state index contributed by atoms with van der Waals surface area (Å²) in [4.78, 5) is 48.1. The molecule has 1 aromatic rings. The van der Waals surface area contributed by atoms with E-state index < -0.39 is 17.4 Å². The number of nitrogens with zero attached hydrogens (tertiary/aromatic N) is 4. The van der Waals surface area contributed by atoms with Gasteiger partial charge in [0, 0.05) is 44.9 Å². The standard InChI is InChI=1S/C18H24N4O4/c1-11(2)15-19-9-12(10-20-15)16(24)22-6-4-18(5-7-22)13(17(25)26)8-14(23)21(18)3/h9-11,13H,4-8H2,1-3H3,(H,25,26)/t13-/m1/s1. The van der Waals surface area contributed by atoms with Crippen molar-refractivity contribution >= 4 is 17.8 Å². The van der Waals surface area contributed by atoms with Crippen LogP contribution in [0.25, 0.3) is 0 Å². The Bertz CT molecular complexity index is 723. The molecule has 1 atom stereocenters. The monoisotopic (exact) mass is 360 g/mol. The van der Waals surface area contributed by atoms with Crippen LogP contribution in [-0.4, -0.2) is 68.3 Å². The fraction of sp³-hybridized carbons (Fsp3) is 0.611. The highest BCUT2D eigenvalue weighted by Gasteiger charge is 2.55. The summed E-state index contributed by atoms with van der Waals surface area (Å²) in [7, 11) is 1.67. The zero-order valence-electron chi connectivity index (χ0n) is 15.3. The number of carboxylic acid groups (broad SMARTS) is 1. The summed E-state index contributed by atoms with van der Waals surface area (Å²) in [5.74, 6) is -1.08. The highest BCUT2D eigenvalue weighted by Crippen LogP contribution is 2.42.